The Hall–Kier alpha value is -3.81. The number of carbonyl (C=O) groups excluding carboxylic acids is 2. The van der Waals surface area contributed by atoms with Gasteiger partial charge in [-0.2, -0.15) is 0 Å². The Balaban J connectivity index is 1.37. The highest BCUT2D eigenvalue weighted by Crippen LogP contribution is 2.26. The van der Waals surface area contributed by atoms with Gasteiger partial charge in [0.2, 0.25) is 0 Å². The molecule has 1 atom stereocenters. The van der Waals surface area contributed by atoms with E-state index in [4.69, 9.17) is 9.47 Å². The Kier molecular flexibility index (Phi) is 6.35. The number of aromatic nitrogens is 2. The lowest BCUT2D eigenvalue weighted by atomic mass is 10.1. The van der Waals surface area contributed by atoms with Crippen LogP contribution >= 0.6 is 0 Å². The van der Waals surface area contributed by atoms with Crippen molar-refractivity contribution in [2.24, 2.45) is 7.05 Å². The maximum absolute atomic E-state index is 12.9. The SMILES string of the molecule is Cc1c(NC(=O)C(C)OC(=O)COc2ccc3c(c2)CCC3)c(=O)n(-c2ccccc2)n1C. The molecule has 172 valence electrons. The first-order valence-electron chi connectivity index (χ1n) is 10.9. The van der Waals surface area contributed by atoms with Crippen LogP contribution in [0.3, 0.4) is 0 Å². The number of hydrogen-bond acceptors (Lipinski definition) is 5. The molecule has 0 spiro atoms. The smallest absolute Gasteiger partial charge is 0.344 e. The molecule has 2 aromatic carbocycles. The molecule has 1 N–H and O–H groups in total. The first kappa shape index (κ1) is 22.4. The van der Waals surface area contributed by atoms with Crippen LogP contribution in [0, 0.1) is 6.92 Å². The second-order valence-corrected chi connectivity index (χ2v) is 8.13. The average molecular weight is 450 g/mol. The number of para-hydroxylation sites is 1. The van der Waals surface area contributed by atoms with Crippen LogP contribution in [-0.4, -0.2) is 34.0 Å². The van der Waals surface area contributed by atoms with Crippen molar-refractivity contribution in [3.8, 4) is 11.4 Å². The molecule has 0 radical (unpaired) electrons. The summed E-state index contributed by atoms with van der Waals surface area (Å²) in [6.45, 7) is 2.88. The number of benzene rings is 2. The first-order chi connectivity index (χ1) is 15.8. The summed E-state index contributed by atoms with van der Waals surface area (Å²) >= 11 is 0. The predicted octanol–water partition coefficient (Wildman–Crippen LogP) is 2.92. The van der Waals surface area contributed by atoms with Crippen molar-refractivity contribution in [2.45, 2.75) is 39.2 Å². The summed E-state index contributed by atoms with van der Waals surface area (Å²) in [5, 5.41) is 2.61. The fourth-order valence-corrected chi connectivity index (χ4v) is 4.00. The van der Waals surface area contributed by atoms with Crippen molar-refractivity contribution >= 4 is 17.6 Å². The number of hydrogen-bond donors (Lipinski definition) is 1. The molecular weight excluding hydrogens is 422 g/mol. The van der Waals surface area contributed by atoms with Crippen molar-refractivity contribution in [3.05, 3.63) is 75.7 Å². The highest BCUT2D eigenvalue weighted by Gasteiger charge is 2.23. The standard InChI is InChI=1S/C25H27N3O5/c1-16-23(25(31)28(27(16)3)20-10-5-4-6-11-20)26-24(30)17(2)33-22(29)15-32-21-13-12-18-8-7-9-19(18)14-21/h4-6,10-14,17H,7-9,15H2,1-3H3,(H,26,30). The lowest BCUT2D eigenvalue weighted by Gasteiger charge is -2.13. The molecule has 0 saturated carbocycles. The normalized spacial score (nSPS) is 13.3. The number of fused-ring (bicyclic) bond motifs is 1. The zero-order valence-corrected chi connectivity index (χ0v) is 19.0. The van der Waals surface area contributed by atoms with Crippen LogP contribution in [0.5, 0.6) is 5.75 Å². The number of nitrogens with one attached hydrogen (secondary N) is 1. The summed E-state index contributed by atoms with van der Waals surface area (Å²) in [6, 6.07) is 14.9. The minimum absolute atomic E-state index is 0.142. The van der Waals surface area contributed by atoms with Crippen molar-refractivity contribution < 1.29 is 19.1 Å². The lowest BCUT2D eigenvalue weighted by molar-refractivity contribution is -0.155. The molecule has 0 saturated heterocycles. The van der Waals surface area contributed by atoms with Gasteiger partial charge in [0, 0.05) is 7.05 Å². The number of amides is 1. The Labute approximate surface area is 191 Å². The summed E-state index contributed by atoms with van der Waals surface area (Å²) in [6.07, 6.45) is 2.12. The van der Waals surface area contributed by atoms with E-state index in [2.05, 4.69) is 5.32 Å². The van der Waals surface area contributed by atoms with Crippen LogP contribution in [0.25, 0.3) is 5.69 Å². The Bertz CT molecular complexity index is 1240. The lowest BCUT2D eigenvalue weighted by Crippen LogP contribution is -2.33. The molecule has 8 nitrogen and oxygen atoms in total. The zero-order valence-electron chi connectivity index (χ0n) is 19.0. The summed E-state index contributed by atoms with van der Waals surface area (Å²) < 4.78 is 13.9. The topological polar surface area (TPSA) is 91.6 Å². The molecule has 33 heavy (non-hydrogen) atoms. The van der Waals surface area contributed by atoms with Crippen LogP contribution in [0.1, 0.15) is 30.2 Å². The van der Waals surface area contributed by atoms with Gasteiger partial charge in [0.05, 0.1) is 11.4 Å². The average Bonchev–Trinajstić information content (AvgIpc) is 3.36. The molecule has 0 aliphatic heterocycles. The van der Waals surface area contributed by atoms with Gasteiger partial charge in [0.1, 0.15) is 11.4 Å². The Morgan fingerprint density at radius 1 is 1.09 bits per heavy atom. The van der Waals surface area contributed by atoms with Gasteiger partial charge in [-0.25, -0.2) is 9.48 Å². The van der Waals surface area contributed by atoms with Crippen molar-refractivity contribution in [1.29, 1.82) is 0 Å². The van der Waals surface area contributed by atoms with E-state index in [1.54, 1.807) is 30.8 Å². The summed E-state index contributed by atoms with van der Waals surface area (Å²) in [5.41, 5.74) is 3.59. The number of nitrogens with zero attached hydrogens (tertiary/aromatic N) is 2. The van der Waals surface area contributed by atoms with Crippen LogP contribution in [0.4, 0.5) is 5.69 Å². The van der Waals surface area contributed by atoms with Gasteiger partial charge in [-0.05, 0) is 68.5 Å². The molecule has 1 aromatic heterocycles. The molecule has 1 aliphatic rings. The Morgan fingerprint density at radius 2 is 1.82 bits per heavy atom. The molecule has 1 heterocycles. The van der Waals surface area contributed by atoms with Gasteiger partial charge in [-0.3, -0.25) is 14.3 Å². The van der Waals surface area contributed by atoms with Crippen LogP contribution in [0.15, 0.2) is 53.3 Å². The molecular formula is C25H27N3O5. The highest BCUT2D eigenvalue weighted by atomic mass is 16.6. The van der Waals surface area contributed by atoms with Crippen molar-refractivity contribution in [1.82, 2.24) is 9.36 Å². The monoisotopic (exact) mass is 449 g/mol. The number of esters is 1. The van der Waals surface area contributed by atoms with E-state index in [9.17, 15) is 14.4 Å². The summed E-state index contributed by atoms with van der Waals surface area (Å²) in [5.74, 6) is -0.650. The maximum atomic E-state index is 12.9. The first-order valence-corrected chi connectivity index (χ1v) is 10.9. The quantitative estimate of drug-likeness (QED) is 0.560. The zero-order chi connectivity index (χ0) is 23.5. The van der Waals surface area contributed by atoms with E-state index in [0.29, 0.717) is 17.1 Å². The minimum Gasteiger partial charge on any atom is -0.482 e. The van der Waals surface area contributed by atoms with Crippen molar-refractivity contribution in [3.63, 3.8) is 0 Å². The third-order valence-electron chi connectivity index (χ3n) is 5.91. The van der Waals surface area contributed by atoms with Crippen LogP contribution < -0.4 is 15.6 Å². The predicted molar refractivity (Wildman–Crippen MR) is 124 cm³/mol. The molecule has 1 unspecified atom stereocenters. The Morgan fingerprint density at radius 3 is 2.58 bits per heavy atom. The van der Waals surface area contributed by atoms with Gasteiger partial charge in [-0.15, -0.1) is 0 Å². The molecule has 0 fully saturated rings. The van der Waals surface area contributed by atoms with E-state index in [0.717, 1.165) is 19.3 Å². The summed E-state index contributed by atoms with van der Waals surface area (Å²) in [7, 11) is 1.74. The van der Waals surface area contributed by atoms with E-state index >= 15 is 0 Å². The van der Waals surface area contributed by atoms with Gasteiger partial charge < -0.3 is 14.8 Å². The van der Waals surface area contributed by atoms with Crippen LogP contribution in [0.2, 0.25) is 0 Å². The third-order valence-corrected chi connectivity index (χ3v) is 5.91. The largest absolute Gasteiger partial charge is 0.482 e. The number of rotatable bonds is 7. The molecule has 8 heteroatoms. The second kappa shape index (κ2) is 9.36. The van der Waals surface area contributed by atoms with Gasteiger partial charge >= 0.3 is 5.97 Å². The molecule has 3 aromatic rings. The molecule has 0 bridgehead atoms. The number of ether oxygens (including phenoxy) is 2. The molecule has 1 aliphatic carbocycles. The summed E-state index contributed by atoms with van der Waals surface area (Å²) in [4.78, 5) is 37.8. The molecule has 4 rings (SSSR count). The van der Waals surface area contributed by atoms with Crippen LogP contribution in [-0.2, 0) is 34.2 Å². The van der Waals surface area contributed by atoms with E-state index in [1.807, 2.05) is 36.4 Å². The highest BCUT2D eigenvalue weighted by molar-refractivity contribution is 5.95. The fourth-order valence-electron chi connectivity index (χ4n) is 4.00. The van der Waals surface area contributed by atoms with Gasteiger partial charge in [0.25, 0.3) is 11.5 Å². The van der Waals surface area contributed by atoms with Crippen molar-refractivity contribution in [2.75, 3.05) is 11.9 Å². The maximum Gasteiger partial charge on any atom is 0.344 e. The van der Waals surface area contributed by atoms with E-state index in [1.165, 1.54) is 22.7 Å². The van der Waals surface area contributed by atoms with Gasteiger partial charge in [-0.1, -0.05) is 24.3 Å². The third kappa shape index (κ3) is 4.69. The number of carbonyl (C=O) groups is 2. The van der Waals surface area contributed by atoms with E-state index < -0.39 is 18.0 Å². The van der Waals surface area contributed by atoms with E-state index in [-0.39, 0.29) is 17.9 Å². The number of aryl methyl sites for hydroxylation is 2. The second-order valence-electron chi connectivity index (χ2n) is 8.13. The van der Waals surface area contributed by atoms with Gasteiger partial charge in [0.15, 0.2) is 12.7 Å². The fraction of sp³-hybridized carbons (Fsp3) is 0.320. The number of anilines is 1. The minimum atomic E-state index is -1.09. The molecule has 1 amide bonds.